The molecule has 0 aliphatic carbocycles. The number of aromatic nitrogens is 2. The topological polar surface area (TPSA) is 74.2 Å². The van der Waals surface area contributed by atoms with E-state index in [-0.39, 0.29) is 5.43 Å². The Morgan fingerprint density at radius 2 is 2.00 bits per heavy atom. The van der Waals surface area contributed by atoms with Gasteiger partial charge in [-0.05, 0) is 38.2 Å². The van der Waals surface area contributed by atoms with Crippen LogP contribution in [0.15, 0.2) is 39.5 Å². The fourth-order valence-electron chi connectivity index (χ4n) is 3.59. The highest BCUT2D eigenvalue weighted by atomic mass is 16.3. The highest BCUT2D eigenvalue weighted by Crippen LogP contribution is 2.31. The summed E-state index contributed by atoms with van der Waals surface area (Å²) in [7, 11) is 0. The average Bonchev–Trinajstić information content (AvgIpc) is 3.05. The van der Waals surface area contributed by atoms with Gasteiger partial charge in [0.25, 0.3) is 0 Å². The Morgan fingerprint density at radius 1 is 1.22 bits per heavy atom. The maximum absolute atomic E-state index is 13.2. The van der Waals surface area contributed by atoms with Gasteiger partial charge in [0, 0.05) is 13.1 Å². The first kappa shape index (κ1) is 17.5. The number of rotatable bonds is 6. The first-order valence-corrected chi connectivity index (χ1v) is 9.43. The number of hydrogen-bond donors (Lipinski definition) is 2. The van der Waals surface area contributed by atoms with Crippen LogP contribution in [0.2, 0.25) is 0 Å². The minimum Gasteiger partial charge on any atom is -0.453 e. The zero-order valence-corrected chi connectivity index (χ0v) is 15.9. The second-order valence-electron chi connectivity index (χ2n) is 6.73. The Bertz CT molecular complexity index is 1170. The van der Waals surface area contributed by atoms with Gasteiger partial charge in [0.2, 0.25) is 5.43 Å². The molecule has 6 nitrogen and oxygen atoms in total. The molecule has 0 radical (unpaired) electrons. The van der Waals surface area contributed by atoms with Crippen molar-refractivity contribution in [1.82, 2.24) is 14.9 Å². The van der Waals surface area contributed by atoms with Gasteiger partial charge in [0.15, 0.2) is 5.58 Å². The van der Waals surface area contributed by atoms with Gasteiger partial charge in [-0.3, -0.25) is 4.79 Å². The molecule has 0 amide bonds. The molecule has 0 spiro atoms. The lowest BCUT2D eigenvalue weighted by atomic mass is 10.1. The molecule has 6 heteroatoms. The lowest BCUT2D eigenvalue weighted by Crippen LogP contribution is -2.28. The van der Waals surface area contributed by atoms with E-state index >= 15 is 0 Å². The van der Waals surface area contributed by atoms with Crippen LogP contribution in [0, 0.1) is 6.92 Å². The first-order valence-electron chi connectivity index (χ1n) is 9.43. The number of nitrogens with one attached hydrogen (secondary N) is 2. The number of nitrogens with zero attached hydrogens (tertiary/aromatic N) is 2. The van der Waals surface area contributed by atoms with Crippen molar-refractivity contribution in [3.63, 3.8) is 0 Å². The van der Waals surface area contributed by atoms with Crippen LogP contribution < -0.4 is 10.7 Å². The zero-order valence-electron chi connectivity index (χ0n) is 15.9. The Morgan fingerprint density at radius 3 is 2.78 bits per heavy atom. The van der Waals surface area contributed by atoms with Crippen LogP contribution in [0.3, 0.4) is 0 Å². The van der Waals surface area contributed by atoms with Crippen molar-refractivity contribution >= 4 is 38.7 Å². The molecular weight excluding hydrogens is 340 g/mol. The molecule has 0 fully saturated rings. The number of aryl methyl sites for hydroxylation is 1. The number of aromatic amines is 1. The van der Waals surface area contributed by atoms with Crippen LogP contribution in [-0.2, 0) is 0 Å². The minimum atomic E-state index is -0.0280. The number of H-pyrrole nitrogens is 1. The third kappa shape index (κ3) is 3.06. The highest BCUT2D eigenvalue weighted by molar-refractivity contribution is 6.09. The second kappa shape index (κ2) is 7.04. The fraction of sp³-hybridized carbons (Fsp3) is 0.333. The van der Waals surface area contributed by atoms with Gasteiger partial charge >= 0.3 is 0 Å². The smallest absolute Gasteiger partial charge is 0.202 e. The van der Waals surface area contributed by atoms with Crippen molar-refractivity contribution in [2.75, 3.05) is 31.5 Å². The number of fused-ring (bicyclic) bond motifs is 4. The predicted molar refractivity (Wildman–Crippen MR) is 111 cm³/mol. The van der Waals surface area contributed by atoms with Crippen molar-refractivity contribution in [3.05, 3.63) is 46.4 Å². The van der Waals surface area contributed by atoms with E-state index in [1.54, 1.807) is 6.07 Å². The van der Waals surface area contributed by atoms with Gasteiger partial charge in [0.05, 0.1) is 22.0 Å². The van der Waals surface area contributed by atoms with E-state index in [2.05, 4.69) is 34.0 Å². The Kier molecular flexibility index (Phi) is 4.58. The molecule has 2 aromatic carbocycles. The second-order valence-corrected chi connectivity index (χ2v) is 6.73. The summed E-state index contributed by atoms with van der Waals surface area (Å²) in [5.41, 5.74) is 3.43. The Labute approximate surface area is 157 Å². The molecular formula is C21H24N4O2. The normalized spacial score (nSPS) is 11.9. The van der Waals surface area contributed by atoms with E-state index in [1.807, 2.05) is 31.2 Å². The molecule has 0 aliphatic heterocycles. The van der Waals surface area contributed by atoms with Crippen molar-refractivity contribution in [3.8, 4) is 0 Å². The standard InChI is InChI=1S/C21H24N4O2/c1-4-25(5-2)11-10-22-15-12-16-19(24-13(3)23-16)21-18(15)20(26)14-8-6-7-9-17(14)27-21/h6-9,12,22H,4-5,10-11H2,1-3H3,(H,23,24). The lowest BCUT2D eigenvalue weighted by Gasteiger charge is -2.19. The van der Waals surface area contributed by atoms with E-state index in [4.69, 9.17) is 4.42 Å². The summed E-state index contributed by atoms with van der Waals surface area (Å²) in [6.45, 7) is 9.88. The molecule has 0 aliphatic rings. The molecule has 2 heterocycles. The molecule has 0 bridgehead atoms. The van der Waals surface area contributed by atoms with Gasteiger partial charge in [-0.1, -0.05) is 26.0 Å². The number of hydrogen-bond acceptors (Lipinski definition) is 5. The van der Waals surface area contributed by atoms with Crippen LogP contribution in [-0.4, -0.2) is 41.0 Å². The van der Waals surface area contributed by atoms with E-state index in [0.29, 0.717) is 27.5 Å². The van der Waals surface area contributed by atoms with Crippen molar-refractivity contribution in [2.24, 2.45) is 0 Å². The summed E-state index contributed by atoms with van der Waals surface area (Å²) in [6.07, 6.45) is 0. The molecule has 0 atom stereocenters. The summed E-state index contributed by atoms with van der Waals surface area (Å²) in [5, 5.41) is 4.59. The molecule has 140 valence electrons. The van der Waals surface area contributed by atoms with Crippen LogP contribution >= 0.6 is 0 Å². The summed E-state index contributed by atoms with van der Waals surface area (Å²) < 4.78 is 6.13. The third-order valence-electron chi connectivity index (χ3n) is 5.06. The first-order chi connectivity index (χ1) is 13.1. The lowest BCUT2D eigenvalue weighted by molar-refractivity contribution is 0.316. The van der Waals surface area contributed by atoms with Gasteiger partial charge in [-0.2, -0.15) is 0 Å². The van der Waals surface area contributed by atoms with Crippen molar-refractivity contribution in [1.29, 1.82) is 0 Å². The molecule has 0 unspecified atom stereocenters. The van der Waals surface area contributed by atoms with E-state index < -0.39 is 0 Å². The molecule has 4 rings (SSSR count). The zero-order chi connectivity index (χ0) is 19.0. The molecule has 0 saturated heterocycles. The van der Waals surface area contributed by atoms with Crippen LogP contribution in [0.5, 0.6) is 0 Å². The highest BCUT2D eigenvalue weighted by Gasteiger charge is 2.17. The summed E-state index contributed by atoms with van der Waals surface area (Å²) in [6, 6.07) is 9.32. The van der Waals surface area contributed by atoms with Crippen molar-refractivity contribution in [2.45, 2.75) is 20.8 Å². The van der Waals surface area contributed by atoms with Crippen LogP contribution in [0.1, 0.15) is 19.7 Å². The van der Waals surface area contributed by atoms with Gasteiger partial charge in [-0.15, -0.1) is 0 Å². The van der Waals surface area contributed by atoms with Crippen LogP contribution in [0.25, 0.3) is 33.0 Å². The number of para-hydroxylation sites is 1. The Balaban J connectivity index is 1.90. The number of imidazole rings is 1. The molecule has 2 aromatic heterocycles. The largest absolute Gasteiger partial charge is 0.453 e. The maximum atomic E-state index is 13.2. The van der Waals surface area contributed by atoms with Crippen molar-refractivity contribution < 1.29 is 4.42 Å². The quantitative estimate of drug-likeness (QED) is 0.508. The van der Waals surface area contributed by atoms with Gasteiger partial charge in [-0.25, -0.2) is 4.98 Å². The van der Waals surface area contributed by atoms with E-state index in [0.717, 1.165) is 43.2 Å². The monoisotopic (exact) mass is 364 g/mol. The number of benzene rings is 2. The van der Waals surface area contributed by atoms with Gasteiger partial charge in [0.1, 0.15) is 16.9 Å². The summed E-state index contributed by atoms with van der Waals surface area (Å²) >= 11 is 0. The molecule has 4 aromatic rings. The fourth-order valence-corrected chi connectivity index (χ4v) is 3.59. The van der Waals surface area contributed by atoms with E-state index in [9.17, 15) is 4.79 Å². The van der Waals surface area contributed by atoms with Gasteiger partial charge < -0.3 is 19.6 Å². The van der Waals surface area contributed by atoms with Crippen LogP contribution in [0.4, 0.5) is 5.69 Å². The number of likely N-dealkylation sites (N-methyl/N-ethyl adjacent to an activating group) is 1. The SMILES string of the molecule is CCN(CC)CCNc1cc2[nH]c(C)nc2c2oc3ccccc3c(=O)c12. The Hall–Kier alpha value is -2.86. The summed E-state index contributed by atoms with van der Waals surface area (Å²) in [5.74, 6) is 0.794. The predicted octanol–water partition coefficient (Wildman–Crippen LogP) is 3.88. The average molecular weight is 364 g/mol. The minimum absolute atomic E-state index is 0.0280. The summed E-state index contributed by atoms with van der Waals surface area (Å²) in [4.78, 5) is 23.4. The molecule has 27 heavy (non-hydrogen) atoms. The number of anilines is 1. The van der Waals surface area contributed by atoms with E-state index in [1.165, 1.54) is 0 Å². The third-order valence-corrected chi connectivity index (χ3v) is 5.06. The maximum Gasteiger partial charge on any atom is 0.202 e. The molecule has 0 saturated carbocycles. The molecule has 2 N–H and O–H groups in total.